The predicted molar refractivity (Wildman–Crippen MR) is 44.7 cm³/mol. The average Bonchev–Trinajstić information content (AvgIpc) is 2.09. The van der Waals surface area contributed by atoms with Crippen LogP contribution < -0.4 is 5.32 Å². The molecule has 1 rings (SSSR count). The summed E-state index contributed by atoms with van der Waals surface area (Å²) in [6, 6.07) is 2.64. The Morgan fingerprint density at radius 2 is 2.08 bits per heavy atom. The molecule has 4 heteroatoms. The van der Waals surface area contributed by atoms with Crippen LogP contribution in [0, 0.1) is 0 Å². The normalized spacial score (nSPS) is 9.42. The van der Waals surface area contributed by atoms with Gasteiger partial charge in [0, 0.05) is 12.6 Å². The van der Waals surface area contributed by atoms with E-state index in [1.54, 1.807) is 7.05 Å². The molecule has 64 valence electrons. The molecule has 0 unspecified atom stereocenters. The van der Waals surface area contributed by atoms with Crippen molar-refractivity contribution < 1.29 is 15.0 Å². The third-order valence-corrected chi connectivity index (χ3v) is 1.52. The molecule has 1 aromatic carbocycles. The van der Waals surface area contributed by atoms with Gasteiger partial charge >= 0.3 is 0 Å². The molecule has 0 aliphatic heterocycles. The Morgan fingerprint density at radius 1 is 1.42 bits per heavy atom. The molecule has 0 fully saturated rings. The van der Waals surface area contributed by atoms with Gasteiger partial charge in [-0.25, -0.2) is 0 Å². The van der Waals surface area contributed by atoms with Crippen molar-refractivity contribution in [2.45, 2.75) is 0 Å². The molecule has 0 amide bonds. The molecule has 0 spiro atoms. The Hall–Kier alpha value is -1.71. The van der Waals surface area contributed by atoms with Crippen LogP contribution in [0.15, 0.2) is 12.1 Å². The fourth-order valence-electron chi connectivity index (χ4n) is 0.900. The lowest BCUT2D eigenvalue weighted by atomic mass is 10.2. The number of nitrogens with one attached hydrogen (secondary N) is 1. The number of hydrogen-bond donors (Lipinski definition) is 3. The van der Waals surface area contributed by atoms with E-state index in [0.29, 0.717) is 17.5 Å². The van der Waals surface area contributed by atoms with Crippen LogP contribution in [0.5, 0.6) is 11.5 Å². The second-order valence-corrected chi connectivity index (χ2v) is 2.30. The van der Waals surface area contributed by atoms with Crippen LogP contribution in [0.25, 0.3) is 0 Å². The minimum absolute atomic E-state index is 0.247. The maximum absolute atomic E-state index is 10.3. The molecule has 4 nitrogen and oxygen atoms in total. The van der Waals surface area contributed by atoms with Crippen molar-refractivity contribution in [3.05, 3.63) is 17.7 Å². The number of carbonyl (C=O) groups is 1. The van der Waals surface area contributed by atoms with Gasteiger partial charge in [-0.2, -0.15) is 0 Å². The van der Waals surface area contributed by atoms with E-state index in [0.717, 1.165) is 0 Å². The highest BCUT2D eigenvalue weighted by Crippen LogP contribution is 2.33. The molecule has 12 heavy (non-hydrogen) atoms. The van der Waals surface area contributed by atoms with Crippen LogP contribution in [0.1, 0.15) is 10.4 Å². The second kappa shape index (κ2) is 3.13. The third kappa shape index (κ3) is 1.32. The minimum Gasteiger partial charge on any atom is -0.504 e. The molecule has 0 aromatic heterocycles. The zero-order valence-electron chi connectivity index (χ0n) is 6.53. The summed E-state index contributed by atoms with van der Waals surface area (Å²) in [6.45, 7) is 0. The molecule has 0 saturated heterocycles. The first kappa shape index (κ1) is 8.39. The molecule has 0 aliphatic rings. The predicted octanol–water partition coefficient (Wildman–Crippen LogP) is 0.952. The molecule has 0 saturated carbocycles. The van der Waals surface area contributed by atoms with Crippen molar-refractivity contribution in [3.8, 4) is 11.5 Å². The van der Waals surface area contributed by atoms with E-state index in [1.807, 2.05) is 0 Å². The molecule has 0 heterocycles. The van der Waals surface area contributed by atoms with E-state index < -0.39 is 0 Å². The molecule has 0 bridgehead atoms. The fraction of sp³-hybridized carbons (Fsp3) is 0.125. The first-order valence-electron chi connectivity index (χ1n) is 3.38. The number of carbonyl (C=O) groups excluding carboxylic acids is 1. The van der Waals surface area contributed by atoms with Gasteiger partial charge in [0.05, 0.1) is 5.69 Å². The number of aldehydes is 1. The van der Waals surface area contributed by atoms with Crippen molar-refractivity contribution in [3.63, 3.8) is 0 Å². The maximum Gasteiger partial charge on any atom is 0.181 e. The van der Waals surface area contributed by atoms with E-state index in [4.69, 9.17) is 5.11 Å². The Kier molecular flexibility index (Phi) is 2.19. The van der Waals surface area contributed by atoms with Crippen molar-refractivity contribution in [1.82, 2.24) is 0 Å². The molecule has 0 radical (unpaired) electrons. The Morgan fingerprint density at radius 3 is 2.58 bits per heavy atom. The summed E-state index contributed by atoms with van der Waals surface area (Å²) in [5, 5.41) is 20.9. The summed E-state index contributed by atoms with van der Waals surface area (Å²) in [4.78, 5) is 10.3. The van der Waals surface area contributed by atoms with Gasteiger partial charge in [-0.1, -0.05) is 0 Å². The van der Waals surface area contributed by atoms with E-state index in [9.17, 15) is 9.90 Å². The maximum atomic E-state index is 10.3. The summed E-state index contributed by atoms with van der Waals surface area (Å²) in [5.74, 6) is -0.549. The number of benzene rings is 1. The summed E-state index contributed by atoms with van der Waals surface area (Å²) in [7, 11) is 1.59. The van der Waals surface area contributed by atoms with Crippen LogP contribution in [-0.4, -0.2) is 23.5 Å². The highest BCUT2D eigenvalue weighted by molar-refractivity contribution is 5.80. The Balaban J connectivity index is 3.28. The minimum atomic E-state index is -0.302. The van der Waals surface area contributed by atoms with E-state index >= 15 is 0 Å². The summed E-state index contributed by atoms with van der Waals surface area (Å²) in [5.41, 5.74) is 0.645. The zero-order valence-corrected chi connectivity index (χ0v) is 6.53. The number of hydrogen-bond acceptors (Lipinski definition) is 4. The number of phenolic OH excluding ortho intramolecular Hbond substituents is 2. The molecular formula is C8H9NO3. The summed E-state index contributed by atoms with van der Waals surface area (Å²) in [6.07, 6.45) is 0.597. The van der Waals surface area contributed by atoms with E-state index in [1.165, 1.54) is 12.1 Å². The lowest BCUT2D eigenvalue weighted by Crippen LogP contribution is -1.90. The van der Waals surface area contributed by atoms with Gasteiger partial charge in [0.15, 0.2) is 11.5 Å². The Labute approximate surface area is 69.5 Å². The molecule has 1 aromatic rings. The van der Waals surface area contributed by atoms with Crippen molar-refractivity contribution in [2.75, 3.05) is 12.4 Å². The van der Waals surface area contributed by atoms with Crippen LogP contribution >= 0.6 is 0 Å². The van der Waals surface area contributed by atoms with E-state index in [2.05, 4.69) is 5.32 Å². The zero-order chi connectivity index (χ0) is 9.14. The molecule has 3 N–H and O–H groups in total. The smallest absolute Gasteiger partial charge is 0.181 e. The number of aromatic hydroxyl groups is 2. The topological polar surface area (TPSA) is 69.6 Å². The number of anilines is 1. The quantitative estimate of drug-likeness (QED) is 0.453. The van der Waals surface area contributed by atoms with Gasteiger partial charge in [0.1, 0.15) is 6.29 Å². The van der Waals surface area contributed by atoms with Gasteiger partial charge in [-0.05, 0) is 12.1 Å². The molecular weight excluding hydrogens is 158 g/mol. The monoisotopic (exact) mass is 167 g/mol. The average molecular weight is 167 g/mol. The van der Waals surface area contributed by atoms with Gasteiger partial charge in [-0.15, -0.1) is 0 Å². The number of rotatable bonds is 2. The van der Waals surface area contributed by atoms with Gasteiger partial charge in [-0.3, -0.25) is 4.79 Å². The van der Waals surface area contributed by atoms with Crippen LogP contribution in [-0.2, 0) is 0 Å². The van der Waals surface area contributed by atoms with Gasteiger partial charge < -0.3 is 15.5 Å². The van der Waals surface area contributed by atoms with Crippen molar-refractivity contribution in [2.24, 2.45) is 0 Å². The van der Waals surface area contributed by atoms with Crippen LogP contribution in [0.2, 0.25) is 0 Å². The lowest BCUT2D eigenvalue weighted by molar-refractivity contribution is 0.112. The SMILES string of the molecule is CNc1cc(C=O)cc(O)c1O. The van der Waals surface area contributed by atoms with Crippen LogP contribution in [0.3, 0.4) is 0 Å². The van der Waals surface area contributed by atoms with Crippen LogP contribution in [0.4, 0.5) is 5.69 Å². The standard InChI is InChI=1S/C8H9NO3/c1-9-6-2-5(4-10)3-7(11)8(6)12/h2-4,9,11-12H,1H3. The van der Waals surface area contributed by atoms with Crippen molar-refractivity contribution in [1.29, 1.82) is 0 Å². The summed E-state index contributed by atoms with van der Waals surface area (Å²) >= 11 is 0. The fourth-order valence-corrected chi connectivity index (χ4v) is 0.900. The third-order valence-electron chi connectivity index (χ3n) is 1.52. The highest BCUT2D eigenvalue weighted by atomic mass is 16.3. The van der Waals surface area contributed by atoms with Gasteiger partial charge in [0.2, 0.25) is 0 Å². The molecule has 0 aliphatic carbocycles. The summed E-state index contributed by atoms with van der Waals surface area (Å²) < 4.78 is 0. The second-order valence-electron chi connectivity index (χ2n) is 2.30. The van der Waals surface area contributed by atoms with E-state index in [-0.39, 0.29) is 11.5 Å². The van der Waals surface area contributed by atoms with Crippen molar-refractivity contribution >= 4 is 12.0 Å². The first-order chi connectivity index (χ1) is 5.69. The van der Waals surface area contributed by atoms with Gasteiger partial charge in [0.25, 0.3) is 0 Å². The molecule has 0 atom stereocenters. The highest BCUT2D eigenvalue weighted by Gasteiger charge is 2.06. The lowest BCUT2D eigenvalue weighted by Gasteiger charge is -2.05. The Bertz CT molecular complexity index is 309. The first-order valence-corrected chi connectivity index (χ1v) is 3.38. The number of phenols is 2. The largest absolute Gasteiger partial charge is 0.504 e.